The summed E-state index contributed by atoms with van der Waals surface area (Å²) in [6.45, 7) is 1.36. The lowest BCUT2D eigenvalue weighted by molar-refractivity contribution is -0.182. The molecule has 1 aromatic carbocycles. The molecule has 3 rings (SSSR count). The van der Waals surface area contributed by atoms with Crippen molar-refractivity contribution >= 4 is 27.4 Å². The Morgan fingerprint density at radius 2 is 2.11 bits per heavy atom. The Balaban J connectivity index is 2.07. The van der Waals surface area contributed by atoms with Gasteiger partial charge in [0.15, 0.2) is 6.29 Å². The van der Waals surface area contributed by atoms with E-state index < -0.39 is 5.97 Å². The summed E-state index contributed by atoms with van der Waals surface area (Å²) in [5.41, 5.74) is 0.913. The maximum atomic E-state index is 11.0. The third-order valence-electron chi connectivity index (χ3n) is 2.89. The second-order valence-electron chi connectivity index (χ2n) is 4.10. The lowest BCUT2D eigenvalue weighted by Crippen LogP contribution is -2.17. The van der Waals surface area contributed by atoms with Crippen molar-refractivity contribution in [3.05, 3.63) is 34.7 Å². The Hall–Kier alpha value is -1.43. The van der Waals surface area contributed by atoms with Crippen LogP contribution in [0.3, 0.4) is 0 Å². The van der Waals surface area contributed by atoms with E-state index >= 15 is 0 Å². The number of ether oxygens (including phenoxy) is 2. The van der Waals surface area contributed by atoms with E-state index in [4.69, 9.17) is 14.6 Å². The normalized spacial score (nSPS) is 17.1. The Morgan fingerprint density at radius 3 is 2.83 bits per heavy atom. The number of benzene rings is 1. The first-order valence-corrected chi connectivity index (χ1v) is 6.56. The Morgan fingerprint density at radius 1 is 1.33 bits per heavy atom. The third kappa shape index (κ3) is 2.01. The van der Waals surface area contributed by atoms with Crippen molar-refractivity contribution in [3.8, 4) is 0 Å². The lowest BCUT2D eigenvalue weighted by Gasteiger charge is -2.23. The molecule has 1 aromatic heterocycles. The molecule has 5 heteroatoms. The van der Waals surface area contributed by atoms with Crippen LogP contribution in [0.4, 0.5) is 0 Å². The number of hydrogen-bond acceptors (Lipinski definition) is 4. The first kappa shape index (κ1) is 11.6. The van der Waals surface area contributed by atoms with Crippen LogP contribution in [-0.4, -0.2) is 24.3 Å². The highest BCUT2D eigenvalue weighted by Crippen LogP contribution is 2.34. The number of hydrogen-bond donors (Lipinski definition) is 1. The van der Waals surface area contributed by atoms with Crippen LogP contribution < -0.4 is 0 Å². The molecule has 2 aromatic rings. The summed E-state index contributed by atoms with van der Waals surface area (Å²) in [4.78, 5) is 11.3. The van der Waals surface area contributed by atoms with Crippen LogP contribution in [0, 0.1) is 0 Å². The van der Waals surface area contributed by atoms with Gasteiger partial charge in [0.25, 0.3) is 0 Å². The molecule has 0 bridgehead atoms. The van der Waals surface area contributed by atoms with E-state index in [1.165, 1.54) is 11.3 Å². The van der Waals surface area contributed by atoms with Gasteiger partial charge in [-0.2, -0.15) is 0 Å². The second-order valence-corrected chi connectivity index (χ2v) is 5.19. The predicted octanol–water partition coefficient (Wildman–Crippen LogP) is 3.04. The van der Waals surface area contributed by atoms with Crippen LogP contribution in [-0.2, 0) is 9.47 Å². The summed E-state index contributed by atoms with van der Waals surface area (Å²) in [6, 6.07) is 7.44. The summed E-state index contributed by atoms with van der Waals surface area (Å²) in [5, 5.41) is 9.94. The number of carboxylic acid groups (broad SMARTS) is 1. The standard InChI is InChI=1S/C13H12O4S/c14-12(15)11-7-9-8(3-1-4-10(9)18-11)13-16-5-2-6-17-13/h1,3-4,7,13H,2,5-6H2,(H,14,15). The van der Waals surface area contributed by atoms with Crippen LogP contribution >= 0.6 is 11.3 Å². The van der Waals surface area contributed by atoms with Crippen molar-refractivity contribution in [1.29, 1.82) is 0 Å². The summed E-state index contributed by atoms with van der Waals surface area (Å²) < 4.78 is 12.1. The highest BCUT2D eigenvalue weighted by molar-refractivity contribution is 7.20. The first-order chi connectivity index (χ1) is 8.75. The van der Waals surface area contributed by atoms with Gasteiger partial charge in [-0.05, 0) is 18.6 Å². The number of aromatic carboxylic acids is 1. The number of rotatable bonds is 2. The molecule has 1 aliphatic rings. The molecule has 18 heavy (non-hydrogen) atoms. The van der Waals surface area contributed by atoms with Crippen LogP contribution in [0.15, 0.2) is 24.3 Å². The second kappa shape index (κ2) is 4.68. The highest BCUT2D eigenvalue weighted by atomic mass is 32.1. The molecule has 1 saturated heterocycles. The summed E-state index contributed by atoms with van der Waals surface area (Å²) in [5.74, 6) is -0.896. The van der Waals surface area contributed by atoms with Crippen LogP contribution in [0.25, 0.3) is 10.1 Å². The van der Waals surface area contributed by atoms with Crippen molar-refractivity contribution in [3.63, 3.8) is 0 Å². The largest absolute Gasteiger partial charge is 0.477 e. The average molecular weight is 264 g/mol. The zero-order valence-corrected chi connectivity index (χ0v) is 10.4. The fraction of sp³-hybridized carbons (Fsp3) is 0.308. The molecule has 0 atom stereocenters. The maximum Gasteiger partial charge on any atom is 0.345 e. The lowest BCUT2D eigenvalue weighted by atomic mass is 10.1. The molecular formula is C13H12O4S. The minimum Gasteiger partial charge on any atom is -0.477 e. The van der Waals surface area contributed by atoms with Gasteiger partial charge in [0.05, 0.1) is 13.2 Å². The summed E-state index contributed by atoms with van der Waals surface area (Å²) in [6.07, 6.45) is 0.523. The summed E-state index contributed by atoms with van der Waals surface area (Å²) >= 11 is 1.27. The van der Waals surface area contributed by atoms with Gasteiger partial charge in [-0.3, -0.25) is 0 Å². The van der Waals surface area contributed by atoms with Crippen molar-refractivity contribution in [1.82, 2.24) is 0 Å². The number of thiophene rings is 1. The zero-order chi connectivity index (χ0) is 12.5. The highest BCUT2D eigenvalue weighted by Gasteiger charge is 2.20. The molecule has 1 aliphatic heterocycles. The topological polar surface area (TPSA) is 55.8 Å². The van der Waals surface area contributed by atoms with Crippen LogP contribution in [0.2, 0.25) is 0 Å². The first-order valence-electron chi connectivity index (χ1n) is 5.74. The number of carboxylic acids is 1. The van der Waals surface area contributed by atoms with Gasteiger partial charge >= 0.3 is 5.97 Å². The molecule has 4 nitrogen and oxygen atoms in total. The minimum atomic E-state index is -0.896. The summed E-state index contributed by atoms with van der Waals surface area (Å²) in [7, 11) is 0. The van der Waals surface area contributed by atoms with E-state index in [0.717, 1.165) is 22.1 Å². The van der Waals surface area contributed by atoms with Gasteiger partial charge in [-0.1, -0.05) is 12.1 Å². The molecule has 2 heterocycles. The van der Waals surface area contributed by atoms with E-state index in [1.54, 1.807) is 6.07 Å². The molecule has 0 amide bonds. The van der Waals surface area contributed by atoms with Crippen LogP contribution in [0.1, 0.15) is 27.9 Å². The Kier molecular flexibility index (Phi) is 3.03. The van der Waals surface area contributed by atoms with Crippen LogP contribution in [0.5, 0.6) is 0 Å². The van der Waals surface area contributed by atoms with Gasteiger partial charge in [0.2, 0.25) is 0 Å². The van der Waals surface area contributed by atoms with Gasteiger partial charge in [-0.25, -0.2) is 4.79 Å². The number of fused-ring (bicyclic) bond motifs is 1. The van der Waals surface area contributed by atoms with Gasteiger partial charge in [0.1, 0.15) is 4.88 Å². The molecule has 0 radical (unpaired) electrons. The van der Waals surface area contributed by atoms with Gasteiger partial charge < -0.3 is 14.6 Å². The molecule has 0 spiro atoms. The smallest absolute Gasteiger partial charge is 0.345 e. The van der Waals surface area contributed by atoms with Crippen molar-refractivity contribution < 1.29 is 19.4 Å². The van der Waals surface area contributed by atoms with E-state index in [2.05, 4.69) is 0 Å². The molecule has 0 saturated carbocycles. The van der Waals surface area contributed by atoms with E-state index in [-0.39, 0.29) is 6.29 Å². The molecule has 1 N–H and O–H groups in total. The molecule has 0 unspecified atom stereocenters. The van der Waals surface area contributed by atoms with Gasteiger partial charge in [-0.15, -0.1) is 11.3 Å². The molecule has 1 fully saturated rings. The molecule has 0 aliphatic carbocycles. The van der Waals surface area contributed by atoms with Crippen molar-refractivity contribution in [2.75, 3.05) is 13.2 Å². The fourth-order valence-electron chi connectivity index (χ4n) is 2.06. The van der Waals surface area contributed by atoms with Crippen molar-refractivity contribution in [2.24, 2.45) is 0 Å². The third-order valence-corrected chi connectivity index (χ3v) is 3.98. The molecule has 94 valence electrons. The number of carbonyl (C=O) groups is 1. The quantitative estimate of drug-likeness (QED) is 0.905. The monoisotopic (exact) mass is 264 g/mol. The van der Waals surface area contributed by atoms with E-state index in [1.807, 2.05) is 18.2 Å². The van der Waals surface area contributed by atoms with E-state index in [9.17, 15) is 4.79 Å². The van der Waals surface area contributed by atoms with Crippen molar-refractivity contribution in [2.45, 2.75) is 12.7 Å². The Labute approximate surface area is 108 Å². The molecular weight excluding hydrogens is 252 g/mol. The Bertz CT molecular complexity index is 584. The maximum absolute atomic E-state index is 11.0. The fourth-order valence-corrected chi connectivity index (χ4v) is 3.00. The average Bonchev–Trinajstić information content (AvgIpc) is 2.83. The zero-order valence-electron chi connectivity index (χ0n) is 9.59. The predicted molar refractivity (Wildman–Crippen MR) is 68.0 cm³/mol. The SMILES string of the molecule is O=C(O)c1cc2c(C3OCCCO3)cccc2s1. The van der Waals surface area contributed by atoms with Gasteiger partial charge in [0, 0.05) is 15.6 Å². The minimum absolute atomic E-state index is 0.341. The van der Waals surface area contributed by atoms with E-state index in [0.29, 0.717) is 18.1 Å².